The van der Waals surface area contributed by atoms with Crippen molar-refractivity contribution < 1.29 is 4.74 Å². The van der Waals surface area contributed by atoms with Crippen LogP contribution in [0.4, 0.5) is 0 Å². The summed E-state index contributed by atoms with van der Waals surface area (Å²) in [7, 11) is 0. The molecule has 0 unspecified atom stereocenters. The number of unbranched alkanes of at least 4 members (excludes halogenated alkanes) is 1. The van der Waals surface area contributed by atoms with Gasteiger partial charge in [-0.25, -0.2) is 0 Å². The molecule has 0 aliphatic carbocycles. The van der Waals surface area contributed by atoms with Crippen LogP contribution in [0.1, 0.15) is 32.3 Å². The van der Waals surface area contributed by atoms with E-state index < -0.39 is 0 Å². The molecule has 2 heteroatoms. The molecule has 1 rings (SSSR count). The third-order valence-electron chi connectivity index (χ3n) is 2.32. The second-order valence-corrected chi connectivity index (χ2v) is 4.98. The van der Waals surface area contributed by atoms with E-state index in [1.165, 1.54) is 12.0 Å². The first-order valence-electron chi connectivity index (χ1n) is 5.98. The predicted molar refractivity (Wildman–Crippen MR) is 68.5 cm³/mol. The molecule has 0 radical (unpaired) electrons. The molecular weight excluding hydrogens is 198 g/mol. The zero-order valence-electron chi connectivity index (χ0n) is 10.4. The first-order valence-corrected chi connectivity index (χ1v) is 5.98. The number of nitrogens with two attached hydrogens (primary N) is 1. The van der Waals surface area contributed by atoms with Gasteiger partial charge in [0.2, 0.25) is 0 Å². The Hall–Kier alpha value is -0.860. The molecule has 0 heterocycles. The first-order chi connectivity index (χ1) is 7.58. The van der Waals surface area contributed by atoms with Crippen molar-refractivity contribution in [3.63, 3.8) is 0 Å². The highest BCUT2D eigenvalue weighted by Crippen LogP contribution is 2.05. The monoisotopic (exact) mass is 221 g/mol. The summed E-state index contributed by atoms with van der Waals surface area (Å²) in [4.78, 5) is 0. The minimum Gasteiger partial charge on any atom is -0.380 e. The van der Waals surface area contributed by atoms with Crippen LogP contribution in [0.5, 0.6) is 0 Å². The van der Waals surface area contributed by atoms with Gasteiger partial charge in [0.1, 0.15) is 0 Å². The maximum atomic E-state index is 5.82. The second-order valence-electron chi connectivity index (χ2n) is 4.98. The summed E-state index contributed by atoms with van der Waals surface area (Å²) in [5.41, 5.74) is 7.01. The van der Waals surface area contributed by atoms with Crippen LogP contribution in [0.2, 0.25) is 0 Å². The molecule has 0 fully saturated rings. The van der Waals surface area contributed by atoms with Gasteiger partial charge in [-0.15, -0.1) is 0 Å². The van der Waals surface area contributed by atoms with Crippen LogP contribution in [0.15, 0.2) is 30.3 Å². The van der Waals surface area contributed by atoms with Crippen LogP contribution >= 0.6 is 0 Å². The van der Waals surface area contributed by atoms with Crippen molar-refractivity contribution in [3.8, 4) is 0 Å². The van der Waals surface area contributed by atoms with Gasteiger partial charge in [-0.3, -0.25) is 0 Å². The lowest BCUT2D eigenvalue weighted by atomic mass is 10.1. The van der Waals surface area contributed by atoms with Crippen molar-refractivity contribution in [2.24, 2.45) is 5.73 Å². The molecule has 90 valence electrons. The molecule has 0 bridgehead atoms. The molecule has 0 aliphatic rings. The molecule has 0 saturated heterocycles. The van der Waals surface area contributed by atoms with E-state index in [2.05, 4.69) is 30.3 Å². The van der Waals surface area contributed by atoms with E-state index in [1.54, 1.807) is 0 Å². The van der Waals surface area contributed by atoms with E-state index in [9.17, 15) is 0 Å². The molecule has 0 aliphatic heterocycles. The predicted octanol–water partition coefficient (Wildman–Crippen LogP) is 2.76. The van der Waals surface area contributed by atoms with Crippen molar-refractivity contribution in [1.29, 1.82) is 0 Å². The fourth-order valence-electron chi connectivity index (χ4n) is 1.51. The van der Waals surface area contributed by atoms with Gasteiger partial charge in [-0.2, -0.15) is 0 Å². The molecule has 1 aromatic rings. The topological polar surface area (TPSA) is 35.2 Å². The number of benzene rings is 1. The molecule has 0 atom stereocenters. The summed E-state index contributed by atoms with van der Waals surface area (Å²) < 4.78 is 5.51. The normalized spacial score (nSPS) is 11.7. The third kappa shape index (κ3) is 6.59. The zero-order valence-corrected chi connectivity index (χ0v) is 10.4. The number of hydrogen-bond acceptors (Lipinski definition) is 2. The van der Waals surface area contributed by atoms with Crippen LogP contribution in [0, 0.1) is 0 Å². The number of hydrogen-bond donors (Lipinski definition) is 1. The van der Waals surface area contributed by atoms with E-state index in [0.717, 1.165) is 19.4 Å². The Labute approximate surface area is 98.8 Å². The highest BCUT2D eigenvalue weighted by molar-refractivity contribution is 5.14. The number of rotatable bonds is 7. The highest BCUT2D eigenvalue weighted by atomic mass is 16.5. The molecule has 0 aromatic heterocycles. The molecule has 0 saturated carbocycles. The van der Waals surface area contributed by atoms with Crippen molar-refractivity contribution >= 4 is 0 Å². The summed E-state index contributed by atoms with van der Waals surface area (Å²) in [5, 5.41) is 0. The van der Waals surface area contributed by atoms with Crippen LogP contribution in [-0.4, -0.2) is 18.8 Å². The van der Waals surface area contributed by atoms with Crippen LogP contribution in [-0.2, 0) is 11.2 Å². The smallest absolute Gasteiger partial charge is 0.0640 e. The van der Waals surface area contributed by atoms with Crippen molar-refractivity contribution in [3.05, 3.63) is 35.9 Å². The maximum absolute atomic E-state index is 5.82. The lowest BCUT2D eigenvalue weighted by Crippen LogP contribution is -2.37. The molecule has 16 heavy (non-hydrogen) atoms. The van der Waals surface area contributed by atoms with E-state index in [-0.39, 0.29) is 5.54 Å². The Morgan fingerprint density at radius 2 is 1.81 bits per heavy atom. The summed E-state index contributed by atoms with van der Waals surface area (Å²) in [6, 6.07) is 10.6. The van der Waals surface area contributed by atoms with Crippen molar-refractivity contribution in [1.82, 2.24) is 0 Å². The van der Waals surface area contributed by atoms with Gasteiger partial charge in [0.15, 0.2) is 0 Å². The van der Waals surface area contributed by atoms with E-state index in [0.29, 0.717) is 6.61 Å². The summed E-state index contributed by atoms with van der Waals surface area (Å²) >= 11 is 0. The zero-order chi connectivity index (χ0) is 11.9. The second kappa shape index (κ2) is 6.66. The molecule has 0 spiro atoms. The summed E-state index contributed by atoms with van der Waals surface area (Å²) in [5.74, 6) is 0. The SMILES string of the molecule is CC(C)(N)COCCCCc1ccccc1. The average Bonchev–Trinajstić information content (AvgIpc) is 2.23. The Morgan fingerprint density at radius 1 is 1.12 bits per heavy atom. The van der Waals surface area contributed by atoms with Gasteiger partial charge in [0, 0.05) is 12.1 Å². The van der Waals surface area contributed by atoms with Gasteiger partial charge < -0.3 is 10.5 Å². The lowest BCUT2D eigenvalue weighted by molar-refractivity contribution is 0.0944. The third-order valence-corrected chi connectivity index (χ3v) is 2.32. The van der Waals surface area contributed by atoms with Gasteiger partial charge >= 0.3 is 0 Å². The van der Waals surface area contributed by atoms with Crippen molar-refractivity contribution in [2.75, 3.05) is 13.2 Å². The number of aryl methyl sites for hydroxylation is 1. The van der Waals surface area contributed by atoms with Crippen LogP contribution < -0.4 is 5.73 Å². The minimum atomic E-state index is -0.209. The van der Waals surface area contributed by atoms with E-state index in [4.69, 9.17) is 10.5 Å². The van der Waals surface area contributed by atoms with Crippen molar-refractivity contribution in [2.45, 2.75) is 38.6 Å². The molecule has 0 amide bonds. The van der Waals surface area contributed by atoms with E-state index in [1.807, 2.05) is 13.8 Å². The van der Waals surface area contributed by atoms with Gasteiger partial charge in [0.05, 0.1) is 6.61 Å². The molecule has 2 N–H and O–H groups in total. The lowest BCUT2D eigenvalue weighted by Gasteiger charge is -2.18. The van der Waals surface area contributed by atoms with Gasteiger partial charge in [-0.1, -0.05) is 30.3 Å². The standard InChI is InChI=1S/C14H23NO/c1-14(2,15)12-16-11-7-6-10-13-8-4-3-5-9-13/h3-5,8-9H,6-7,10-12,15H2,1-2H3. The average molecular weight is 221 g/mol. The van der Waals surface area contributed by atoms with E-state index >= 15 is 0 Å². The molecule has 1 aromatic carbocycles. The molecule has 2 nitrogen and oxygen atoms in total. The quantitative estimate of drug-likeness (QED) is 0.719. The fraction of sp³-hybridized carbons (Fsp3) is 0.571. The largest absolute Gasteiger partial charge is 0.380 e. The number of ether oxygens (including phenoxy) is 1. The fourth-order valence-corrected chi connectivity index (χ4v) is 1.51. The summed E-state index contributed by atoms with van der Waals surface area (Å²) in [6.07, 6.45) is 3.41. The Bertz CT molecular complexity index is 277. The summed E-state index contributed by atoms with van der Waals surface area (Å²) in [6.45, 7) is 5.42. The Kier molecular flexibility index (Phi) is 5.50. The van der Waals surface area contributed by atoms with Crippen LogP contribution in [0.3, 0.4) is 0 Å². The first kappa shape index (κ1) is 13.2. The van der Waals surface area contributed by atoms with Gasteiger partial charge in [0.25, 0.3) is 0 Å². The maximum Gasteiger partial charge on any atom is 0.0640 e. The highest BCUT2D eigenvalue weighted by Gasteiger charge is 2.09. The van der Waals surface area contributed by atoms with Gasteiger partial charge in [-0.05, 0) is 38.7 Å². The molecular formula is C14H23NO. The minimum absolute atomic E-state index is 0.209. The Balaban J connectivity index is 2.01. The Morgan fingerprint density at radius 3 is 2.44 bits per heavy atom. The van der Waals surface area contributed by atoms with Crippen LogP contribution in [0.25, 0.3) is 0 Å².